The minimum absolute atomic E-state index is 0.164. The minimum atomic E-state index is 0.164. The molecule has 1 aliphatic heterocycles. The lowest BCUT2D eigenvalue weighted by Gasteiger charge is -2.35. The summed E-state index contributed by atoms with van der Waals surface area (Å²) >= 11 is 0. The van der Waals surface area contributed by atoms with Gasteiger partial charge >= 0.3 is 0 Å². The number of ether oxygens (including phenoxy) is 1. The third-order valence-corrected chi connectivity index (χ3v) is 5.34. The number of aromatic nitrogens is 1. The molecule has 1 saturated heterocycles. The second-order valence-electron chi connectivity index (χ2n) is 7.29. The number of hydrogen-bond donors (Lipinski definition) is 2. The van der Waals surface area contributed by atoms with Crippen molar-refractivity contribution in [2.24, 2.45) is 4.99 Å². The number of nitrogens with one attached hydrogen (secondary N) is 2. The van der Waals surface area contributed by atoms with Crippen molar-refractivity contribution in [3.63, 3.8) is 0 Å². The lowest BCUT2D eigenvalue weighted by Crippen LogP contribution is -2.49. The number of benzene rings is 1. The topological polar surface area (TPSA) is 82.1 Å². The van der Waals surface area contributed by atoms with E-state index in [4.69, 9.17) is 4.74 Å². The van der Waals surface area contributed by atoms with E-state index >= 15 is 0 Å². The average molecular weight is 425 g/mol. The van der Waals surface area contributed by atoms with Gasteiger partial charge in [-0.15, -0.1) is 0 Å². The Hall–Kier alpha value is -3.29. The molecule has 2 aromatic rings. The van der Waals surface area contributed by atoms with Crippen LogP contribution in [0.25, 0.3) is 0 Å². The van der Waals surface area contributed by atoms with Crippen LogP contribution < -0.4 is 20.3 Å². The van der Waals surface area contributed by atoms with Gasteiger partial charge in [-0.3, -0.25) is 9.79 Å². The summed E-state index contributed by atoms with van der Waals surface area (Å²) in [5, 5.41) is 6.52. The predicted octanol–water partition coefficient (Wildman–Crippen LogP) is 1.54. The van der Waals surface area contributed by atoms with Crippen LogP contribution in [0.3, 0.4) is 0 Å². The van der Waals surface area contributed by atoms with Crippen LogP contribution in [-0.4, -0.2) is 75.2 Å². The van der Waals surface area contributed by atoms with Gasteiger partial charge < -0.3 is 25.2 Å². The van der Waals surface area contributed by atoms with Crippen molar-refractivity contribution in [1.82, 2.24) is 20.5 Å². The summed E-state index contributed by atoms with van der Waals surface area (Å²) in [5.41, 5.74) is 1.15. The second-order valence-corrected chi connectivity index (χ2v) is 7.29. The highest BCUT2D eigenvalue weighted by molar-refractivity contribution is 5.81. The van der Waals surface area contributed by atoms with Crippen molar-refractivity contribution < 1.29 is 9.53 Å². The smallest absolute Gasteiger partial charge is 0.224 e. The Balaban J connectivity index is 1.34. The monoisotopic (exact) mass is 424 g/mol. The Bertz CT molecular complexity index is 850. The normalized spacial score (nSPS) is 14.3. The number of carbonyl (C=O) groups is 1. The van der Waals surface area contributed by atoms with Gasteiger partial charge in [-0.25, -0.2) is 4.98 Å². The van der Waals surface area contributed by atoms with Gasteiger partial charge in [0.05, 0.1) is 7.11 Å². The maximum Gasteiger partial charge on any atom is 0.224 e. The molecule has 1 aromatic carbocycles. The van der Waals surface area contributed by atoms with Gasteiger partial charge in [0.1, 0.15) is 11.6 Å². The highest BCUT2D eigenvalue weighted by atomic mass is 16.5. The van der Waals surface area contributed by atoms with Crippen LogP contribution in [0.5, 0.6) is 5.75 Å². The maximum atomic E-state index is 12.6. The van der Waals surface area contributed by atoms with Gasteiger partial charge in [0, 0.05) is 58.9 Å². The van der Waals surface area contributed by atoms with Crippen LogP contribution in [0.4, 0.5) is 5.82 Å². The zero-order chi connectivity index (χ0) is 21.9. The van der Waals surface area contributed by atoms with Crippen LogP contribution in [-0.2, 0) is 11.2 Å². The molecule has 0 aliphatic carbocycles. The third kappa shape index (κ3) is 6.60. The van der Waals surface area contributed by atoms with Gasteiger partial charge in [0.2, 0.25) is 5.91 Å². The summed E-state index contributed by atoms with van der Waals surface area (Å²) in [5.74, 6) is 2.72. The van der Waals surface area contributed by atoms with Gasteiger partial charge in [-0.2, -0.15) is 0 Å². The predicted molar refractivity (Wildman–Crippen MR) is 124 cm³/mol. The van der Waals surface area contributed by atoms with Crippen molar-refractivity contribution in [3.8, 4) is 5.75 Å². The Morgan fingerprint density at radius 3 is 2.52 bits per heavy atom. The number of pyridine rings is 1. The molecule has 0 bridgehead atoms. The molecule has 1 amide bonds. The zero-order valence-corrected chi connectivity index (χ0v) is 18.4. The quantitative estimate of drug-likeness (QED) is 0.494. The first-order valence-electron chi connectivity index (χ1n) is 10.7. The number of amides is 1. The van der Waals surface area contributed by atoms with Crippen molar-refractivity contribution in [1.29, 1.82) is 0 Å². The molecule has 0 saturated carbocycles. The summed E-state index contributed by atoms with van der Waals surface area (Å²) in [6.45, 7) is 4.34. The Kier molecular flexibility index (Phi) is 8.51. The number of rotatable bonds is 8. The van der Waals surface area contributed by atoms with Gasteiger partial charge in [-0.1, -0.05) is 24.3 Å². The number of carbonyl (C=O) groups excluding carboxylic acids is 1. The summed E-state index contributed by atoms with van der Waals surface area (Å²) < 4.78 is 5.39. The van der Waals surface area contributed by atoms with E-state index in [9.17, 15) is 4.79 Å². The molecule has 31 heavy (non-hydrogen) atoms. The molecule has 1 fully saturated rings. The van der Waals surface area contributed by atoms with Crippen LogP contribution in [0, 0.1) is 0 Å². The number of methoxy groups -OCH3 is 1. The van der Waals surface area contributed by atoms with Crippen molar-refractivity contribution in [2.45, 2.75) is 12.8 Å². The number of para-hydroxylation sites is 1. The third-order valence-electron chi connectivity index (χ3n) is 5.34. The van der Waals surface area contributed by atoms with Crippen molar-refractivity contribution in [2.75, 3.05) is 58.3 Å². The first kappa shape index (κ1) is 22.4. The van der Waals surface area contributed by atoms with Crippen molar-refractivity contribution in [3.05, 3.63) is 54.2 Å². The van der Waals surface area contributed by atoms with E-state index < -0.39 is 0 Å². The molecule has 8 nitrogen and oxygen atoms in total. The minimum Gasteiger partial charge on any atom is -0.496 e. The highest BCUT2D eigenvalue weighted by Crippen LogP contribution is 2.17. The maximum absolute atomic E-state index is 12.6. The Labute approximate surface area is 184 Å². The van der Waals surface area contributed by atoms with Crippen LogP contribution in [0.2, 0.25) is 0 Å². The summed E-state index contributed by atoms with van der Waals surface area (Å²) in [4.78, 5) is 25.3. The molecule has 3 rings (SSSR count). The number of piperazine rings is 1. The van der Waals surface area contributed by atoms with E-state index in [1.165, 1.54) is 0 Å². The van der Waals surface area contributed by atoms with Gasteiger partial charge in [-0.05, 0) is 30.2 Å². The van der Waals surface area contributed by atoms with Gasteiger partial charge in [0.25, 0.3) is 0 Å². The molecule has 0 spiro atoms. The number of nitrogens with zero attached hydrogens (tertiary/aromatic N) is 4. The molecule has 8 heteroatoms. The average Bonchev–Trinajstić information content (AvgIpc) is 2.84. The largest absolute Gasteiger partial charge is 0.496 e. The molecule has 0 unspecified atom stereocenters. The summed E-state index contributed by atoms with van der Waals surface area (Å²) in [6.07, 6.45) is 3.07. The van der Waals surface area contributed by atoms with Crippen LogP contribution in [0.15, 0.2) is 53.7 Å². The van der Waals surface area contributed by atoms with Crippen LogP contribution >= 0.6 is 0 Å². The SMILES string of the molecule is CN=C(NCCC(=O)N1CCN(c2ccccn2)CC1)NCCc1ccccc1OC. The standard InChI is InChI=1S/C23H32N6O2/c1-24-23(26-13-10-19-7-3-4-8-20(19)31-2)27-14-11-22(30)29-17-15-28(16-18-29)21-9-5-6-12-25-21/h3-9,12H,10-11,13-18H2,1-2H3,(H2,24,26,27). The number of anilines is 1. The first-order chi connectivity index (χ1) is 15.2. The molecule has 166 valence electrons. The Morgan fingerprint density at radius 2 is 1.81 bits per heavy atom. The van der Waals surface area contributed by atoms with E-state index in [2.05, 4.69) is 31.6 Å². The van der Waals surface area contributed by atoms with E-state index in [-0.39, 0.29) is 5.91 Å². The van der Waals surface area contributed by atoms with E-state index in [1.54, 1.807) is 20.4 Å². The Morgan fingerprint density at radius 1 is 1.06 bits per heavy atom. The first-order valence-corrected chi connectivity index (χ1v) is 10.7. The van der Waals surface area contributed by atoms with E-state index in [0.29, 0.717) is 18.9 Å². The number of aliphatic imine (C=N–C) groups is 1. The number of hydrogen-bond acceptors (Lipinski definition) is 5. The molecule has 2 N–H and O–H groups in total. The summed E-state index contributed by atoms with van der Waals surface area (Å²) in [6, 6.07) is 13.9. The molecule has 2 heterocycles. The number of guanidine groups is 1. The molecule has 0 atom stereocenters. The fraction of sp³-hybridized carbons (Fsp3) is 0.435. The molecule has 0 radical (unpaired) electrons. The fourth-order valence-corrected chi connectivity index (χ4v) is 3.62. The molecule has 1 aromatic heterocycles. The molecular formula is C23H32N6O2. The lowest BCUT2D eigenvalue weighted by molar-refractivity contribution is -0.131. The van der Waals surface area contributed by atoms with Crippen LogP contribution in [0.1, 0.15) is 12.0 Å². The second kappa shape index (κ2) is 11.8. The van der Waals surface area contributed by atoms with E-state index in [1.807, 2.05) is 41.3 Å². The van der Waals surface area contributed by atoms with Crippen molar-refractivity contribution >= 4 is 17.7 Å². The molecule has 1 aliphatic rings. The zero-order valence-electron chi connectivity index (χ0n) is 18.4. The fourth-order valence-electron chi connectivity index (χ4n) is 3.62. The van der Waals surface area contributed by atoms with Gasteiger partial charge in [0.15, 0.2) is 5.96 Å². The lowest BCUT2D eigenvalue weighted by atomic mass is 10.1. The summed E-state index contributed by atoms with van der Waals surface area (Å²) in [7, 11) is 3.42. The van der Waals surface area contributed by atoms with E-state index in [0.717, 1.165) is 56.3 Å². The molecular weight excluding hydrogens is 392 g/mol. The highest BCUT2D eigenvalue weighted by Gasteiger charge is 2.21.